The molecule has 0 atom stereocenters. The standard InChI is InChI=1S/C18H18N2O3S/c1-3-13-4-8-17(9-5-13)24(21,22)20-15-10-14-6-7-16(23-2)11-18(14)19-12-15/h4-12,20H,3H2,1-2H3. The van der Waals surface area contributed by atoms with Crippen molar-refractivity contribution in [1.82, 2.24) is 4.98 Å². The van der Waals surface area contributed by atoms with E-state index < -0.39 is 10.0 Å². The molecule has 5 nitrogen and oxygen atoms in total. The molecule has 3 rings (SSSR count). The highest BCUT2D eigenvalue weighted by atomic mass is 32.2. The Morgan fingerprint density at radius 3 is 2.50 bits per heavy atom. The van der Waals surface area contributed by atoms with Crippen molar-refractivity contribution in [2.24, 2.45) is 0 Å². The summed E-state index contributed by atoms with van der Waals surface area (Å²) in [7, 11) is -2.04. The highest BCUT2D eigenvalue weighted by Gasteiger charge is 2.14. The number of aryl methyl sites for hydroxylation is 1. The van der Waals surface area contributed by atoms with Gasteiger partial charge in [0.2, 0.25) is 0 Å². The van der Waals surface area contributed by atoms with Gasteiger partial charge in [0.25, 0.3) is 10.0 Å². The second kappa shape index (κ2) is 6.49. The molecule has 0 saturated carbocycles. The number of hydrogen-bond acceptors (Lipinski definition) is 4. The van der Waals surface area contributed by atoms with Gasteiger partial charge in [-0.1, -0.05) is 19.1 Å². The number of aromatic nitrogens is 1. The number of pyridine rings is 1. The first-order valence-corrected chi connectivity index (χ1v) is 9.06. The topological polar surface area (TPSA) is 68.3 Å². The number of hydrogen-bond donors (Lipinski definition) is 1. The van der Waals surface area contributed by atoms with Crippen LogP contribution < -0.4 is 9.46 Å². The molecule has 24 heavy (non-hydrogen) atoms. The van der Waals surface area contributed by atoms with Crippen LogP contribution in [0, 0.1) is 0 Å². The Labute approximate surface area is 141 Å². The Balaban J connectivity index is 1.89. The Morgan fingerprint density at radius 1 is 1.08 bits per heavy atom. The van der Waals surface area contributed by atoms with Gasteiger partial charge in [-0.15, -0.1) is 0 Å². The van der Waals surface area contributed by atoms with Crippen molar-refractivity contribution in [2.45, 2.75) is 18.2 Å². The van der Waals surface area contributed by atoms with E-state index in [0.29, 0.717) is 11.4 Å². The maximum absolute atomic E-state index is 12.5. The van der Waals surface area contributed by atoms with E-state index in [-0.39, 0.29) is 4.90 Å². The van der Waals surface area contributed by atoms with Gasteiger partial charge in [-0.2, -0.15) is 0 Å². The zero-order valence-corrected chi connectivity index (χ0v) is 14.3. The molecular formula is C18H18N2O3S. The molecule has 1 aromatic heterocycles. The molecule has 0 saturated heterocycles. The van der Waals surface area contributed by atoms with E-state index in [0.717, 1.165) is 22.9 Å². The van der Waals surface area contributed by atoms with Gasteiger partial charge in [-0.05, 0) is 42.3 Å². The number of nitrogens with one attached hydrogen (secondary N) is 1. The normalized spacial score (nSPS) is 11.4. The molecule has 2 aromatic carbocycles. The SMILES string of the molecule is CCc1ccc(S(=O)(=O)Nc2cnc3cc(OC)ccc3c2)cc1. The van der Waals surface area contributed by atoms with E-state index in [4.69, 9.17) is 4.74 Å². The highest BCUT2D eigenvalue weighted by Crippen LogP contribution is 2.23. The quantitative estimate of drug-likeness (QED) is 0.769. The summed E-state index contributed by atoms with van der Waals surface area (Å²) in [4.78, 5) is 4.52. The van der Waals surface area contributed by atoms with Crippen LogP contribution in [0.15, 0.2) is 59.6 Å². The van der Waals surface area contributed by atoms with Gasteiger partial charge in [0.15, 0.2) is 0 Å². The zero-order valence-electron chi connectivity index (χ0n) is 13.5. The van der Waals surface area contributed by atoms with E-state index in [1.165, 1.54) is 6.20 Å². The van der Waals surface area contributed by atoms with E-state index in [1.807, 2.05) is 31.2 Å². The van der Waals surface area contributed by atoms with Gasteiger partial charge >= 0.3 is 0 Å². The van der Waals surface area contributed by atoms with Crippen molar-refractivity contribution < 1.29 is 13.2 Å². The number of methoxy groups -OCH3 is 1. The molecule has 0 aliphatic heterocycles. The maximum atomic E-state index is 12.5. The predicted octanol–water partition coefficient (Wildman–Crippen LogP) is 3.61. The van der Waals surface area contributed by atoms with Crippen molar-refractivity contribution in [1.29, 1.82) is 0 Å². The van der Waals surface area contributed by atoms with E-state index in [2.05, 4.69) is 9.71 Å². The molecule has 0 unspecified atom stereocenters. The minimum atomic E-state index is -3.63. The fourth-order valence-electron chi connectivity index (χ4n) is 2.40. The lowest BCUT2D eigenvalue weighted by Crippen LogP contribution is -2.13. The number of rotatable bonds is 5. The largest absolute Gasteiger partial charge is 0.497 e. The minimum absolute atomic E-state index is 0.231. The summed E-state index contributed by atoms with van der Waals surface area (Å²) in [6.45, 7) is 2.03. The smallest absolute Gasteiger partial charge is 0.261 e. The third-order valence-electron chi connectivity index (χ3n) is 3.79. The molecule has 0 aliphatic rings. The Bertz CT molecular complexity index is 967. The van der Waals surface area contributed by atoms with E-state index in [1.54, 1.807) is 31.4 Å². The minimum Gasteiger partial charge on any atom is -0.497 e. The molecule has 3 aromatic rings. The molecule has 0 aliphatic carbocycles. The number of ether oxygens (including phenoxy) is 1. The van der Waals surface area contributed by atoms with Crippen LogP contribution >= 0.6 is 0 Å². The van der Waals surface area contributed by atoms with Crippen LogP contribution in [-0.4, -0.2) is 20.5 Å². The van der Waals surface area contributed by atoms with Gasteiger partial charge < -0.3 is 4.74 Å². The van der Waals surface area contributed by atoms with Crippen LogP contribution in [0.2, 0.25) is 0 Å². The molecule has 1 heterocycles. The summed E-state index contributed by atoms with van der Waals surface area (Å²) in [5.41, 5.74) is 2.26. The van der Waals surface area contributed by atoms with Gasteiger partial charge in [0.1, 0.15) is 5.75 Å². The fourth-order valence-corrected chi connectivity index (χ4v) is 3.44. The van der Waals surface area contributed by atoms with Gasteiger partial charge in [-0.3, -0.25) is 9.71 Å². The molecule has 0 amide bonds. The number of fused-ring (bicyclic) bond motifs is 1. The van der Waals surface area contributed by atoms with Gasteiger partial charge in [0, 0.05) is 11.5 Å². The highest BCUT2D eigenvalue weighted by molar-refractivity contribution is 7.92. The average molecular weight is 342 g/mol. The third-order valence-corrected chi connectivity index (χ3v) is 5.18. The van der Waals surface area contributed by atoms with E-state index in [9.17, 15) is 8.42 Å². The van der Waals surface area contributed by atoms with Crippen LogP contribution in [-0.2, 0) is 16.4 Å². The predicted molar refractivity (Wildman–Crippen MR) is 94.9 cm³/mol. The third kappa shape index (κ3) is 3.33. The lowest BCUT2D eigenvalue weighted by Gasteiger charge is -2.09. The number of sulfonamides is 1. The molecule has 0 spiro atoms. The fraction of sp³-hybridized carbons (Fsp3) is 0.167. The molecular weight excluding hydrogens is 324 g/mol. The molecule has 0 fully saturated rings. The zero-order chi connectivity index (χ0) is 17.2. The summed E-state index contributed by atoms with van der Waals surface area (Å²) >= 11 is 0. The van der Waals surface area contributed by atoms with Crippen LogP contribution in [0.3, 0.4) is 0 Å². The maximum Gasteiger partial charge on any atom is 0.261 e. The number of benzene rings is 2. The van der Waals surface area contributed by atoms with Gasteiger partial charge in [-0.25, -0.2) is 8.42 Å². The molecule has 6 heteroatoms. The lowest BCUT2D eigenvalue weighted by molar-refractivity contribution is 0.415. The molecule has 0 bridgehead atoms. The van der Waals surface area contributed by atoms with Crippen LogP contribution in [0.4, 0.5) is 5.69 Å². The molecule has 1 N–H and O–H groups in total. The number of nitrogens with zero attached hydrogens (tertiary/aromatic N) is 1. The van der Waals surface area contributed by atoms with Crippen LogP contribution in [0.1, 0.15) is 12.5 Å². The van der Waals surface area contributed by atoms with E-state index >= 15 is 0 Å². The Morgan fingerprint density at radius 2 is 1.83 bits per heavy atom. The second-order valence-corrected chi connectivity index (χ2v) is 7.07. The first-order valence-electron chi connectivity index (χ1n) is 7.57. The number of anilines is 1. The lowest BCUT2D eigenvalue weighted by atomic mass is 10.2. The summed E-state index contributed by atoms with van der Waals surface area (Å²) in [6, 6.07) is 14.1. The first kappa shape index (κ1) is 16.3. The van der Waals surface area contributed by atoms with Crippen molar-refractivity contribution in [3.8, 4) is 5.75 Å². The second-order valence-electron chi connectivity index (χ2n) is 5.39. The Kier molecular flexibility index (Phi) is 4.40. The first-order chi connectivity index (χ1) is 11.5. The van der Waals surface area contributed by atoms with Crippen molar-refractivity contribution >= 4 is 26.6 Å². The summed E-state index contributed by atoms with van der Waals surface area (Å²) in [6.07, 6.45) is 2.37. The summed E-state index contributed by atoms with van der Waals surface area (Å²) in [5.74, 6) is 0.708. The summed E-state index contributed by atoms with van der Waals surface area (Å²) < 4.78 is 32.7. The molecule has 124 valence electrons. The van der Waals surface area contributed by atoms with Crippen molar-refractivity contribution in [2.75, 3.05) is 11.8 Å². The van der Waals surface area contributed by atoms with Crippen molar-refractivity contribution in [3.05, 3.63) is 60.3 Å². The monoisotopic (exact) mass is 342 g/mol. The van der Waals surface area contributed by atoms with Gasteiger partial charge in [0.05, 0.1) is 29.4 Å². The Hall–Kier alpha value is -2.60. The van der Waals surface area contributed by atoms with Crippen molar-refractivity contribution in [3.63, 3.8) is 0 Å². The summed E-state index contributed by atoms with van der Waals surface area (Å²) in [5, 5.41) is 0.831. The van der Waals surface area contributed by atoms with Crippen LogP contribution in [0.25, 0.3) is 10.9 Å². The average Bonchev–Trinajstić information content (AvgIpc) is 2.61. The molecule has 0 radical (unpaired) electrons. The van der Waals surface area contributed by atoms with Crippen LogP contribution in [0.5, 0.6) is 5.75 Å².